The number of aliphatic hydroxyl groups excluding tert-OH is 1. The first-order valence-electron chi connectivity index (χ1n) is 4.48. The lowest BCUT2D eigenvalue weighted by Crippen LogP contribution is -2.36. The van der Waals surface area contributed by atoms with Gasteiger partial charge in [0.15, 0.2) is 6.61 Å². The number of aliphatic hydroxyl groups is 1. The topological polar surface area (TPSA) is 49.8 Å². The molecule has 1 rings (SSSR count). The van der Waals surface area contributed by atoms with E-state index in [0.717, 1.165) is 4.90 Å². The van der Waals surface area contributed by atoms with Gasteiger partial charge in [-0.1, -0.05) is 0 Å². The summed E-state index contributed by atoms with van der Waals surface area (Å²) in [5.74, 6) is 0. The Morgan fingerprint density at radius 2 is 2.20 bits per heavy atom. The Balaban J connectivity index is 2.41. The summed E-state index contributed by atoms with van der Waals surface area (Å²) >= 11 is 0. The van der Waals surface area contributed by atoms with Crippen molar-refractivity contribution in [3.8, 4) is 0 Å². The van der Waals surface area contributed by atoms with Crippen LogP contribution in [0.2, 0.25) is 0 Å². The molecule has 4 nitrogen and oxygen atoms in total. The van der Waals surface area contributed by atoms with Crippen LogP contribution in [0.25, 0.3) is 0 Å². The number of amides is 1. The van der Waals surface area contributed by atoms with Gasteiger partial charge in [0.1, 0.15) is 0 Å². The second kappa shape index (κ2) is 4.26. The Labute approximate surface area is 84.6 Å². The highest BCUT2D eigenvalue weighted by molar-refractivity contribution is 5.68. The summed E-state index contributed by atoms with van der Waals surface area (Å²) < 4.78 is 39.3. The third-order valence-corrected chi connectivity index (χ3v) is 2.15. The Kier molecular flexibility index (Phi) is 3.43. The normalized spacial score (nSPS) is 26.9. The third-order valence-electron chi connectivity index (χ3n) is 2.15. The second-order valence-electron chi connectivity index (χ2n) is 3.56. The number of hydrogen-bond acceptors (Lipinski definition) is 3. The molecular weight excluding hydrogens is 215 g/mol. The van der Waals surface area contributed by atoms with Crippen LogP contribution < -0.4 is 0 Å². The number of ether oxygens (including phenoxy) is 1. The van der Waals surface area contributed by atoms with E-state index in [1.807, 2.05) is 0 Å². The van der Waals surface area contributed by atoms with Crippen molar-refractivity contribution in [1.82, 2.24) is 4.90 Å². The number of rotatable bonds is 1. The molecule has 1 fully saturated rings. The van der Waals surface area contributed by atoms with E-state index in [2.05, 4.69) is 4.74 Å². The average Bonchev–Trinajstić information content (AvgIpc) is 2.40. The fourth-order valence-electron chi connectivity index (χ4n) is 1.48. The standard InChI is InChI=1S/C8H12F3NO3/c1-5-2-6(13)3-12(5)7(14)15-4-8(9,10)11/h5-6,13H,2-4H2,1H3/t5-,6+/m0/s1. The summed E-state index contributed by atoms with van der Waals surface area (Å²) in [5.41, 5.74) is 0. The van der Waals surface area contributed by atoms with Crippen molar-refractivity contribution >= 4 is 6.09 Å². The van der Waals surface area contributed by atoms with Gasteiger partial charge in [0.05, 0.1) is 12.6 Å². The van der Waals surface area contributed by atoms with Gasteiger partial charge < -0.3 is 14.7 Å². The first kappa shape index (κ1) is 12.1. The number of carbonyl (C=O) groups is 1. The predicted molar refractivity (Wildman–Crippen MR) is 44.2 cm³/mol. The lowest BCUT2D eigenvalue weighted by atomic mass is 10.2. The molecule has 88 valence electrons. The molecule has 0 aromatic rings. The van der Waals surface area contributed by atoms with Crippen LogP contribution in [0.1, 0.15) is 13.3 Å². The first-order valence-corrected chi connectivity index (χ1v) is 4.48. The van der Waals surface area contributed by atoms with Crippen LogP contribution in [0.4, 0.5) is 18.0 Å². The number of likely N-dealkylation sites (tertiary alicyclic amines) is 1. The third kappa shape index (κ3) is 3.58. The average molecular weight is 227 g/mol. The maximum absolute atomic E-state index is 11.7. The quantitative estimate of drug-likeness (QED) is 0.730. The maximum Gasteiger partial charge on any atom is 0.422 e. The van der Waals surface area contributed by atoms with Crippen molar-refractivity contribution in [2.24, 2.45) is 0 Å². The number of halogens is 3. The fraction of sp³-hybridized carbons (Fsp3) is 0.875. The molecule has 0 aromatic carbocycles. The van der Waals surface area contributed by atoms with E-state index in [1.165, 1.54) is 0 Å². The summed E-state index contributed by atoms with van der Waals surface area (Å²) in [6, 6.07) is -0.291. The molecule has 1 heterocycles. The molecule has 1 N–H and O–H groups in total. The molecule has 2 atom stereocenters. The SMILES string of the molecule is C[C@H]1C[C@@H](O)CN1C(=O)OCC(F)(F)F. The van der Waals surface area contributed by atoms with Crippen LogP contribution in [-0.4, -0.2) is 47.6 Å². The number of β-amino-alcohol motifs (C(OH)–C–C–N with tert-alkyl or cyclic N) is 1. The molecule has 1 amide bonds. The number of nitrogens with zero attached hydrogens (tertiary/aromatic N) is 1. The lowest BCUT2D eigenvalue weighted by Gasteiger charge is -2.20. The highest BCUT2D eigenvalue weighted by atomic mass is 19.4. The van der Waals surface area contributed by atoms with Crippen LogP contribution in [0, 0.1) is 0 Å². The molecule has 0 bridgehead atoms. The fourth-order valence-corrected chi connectivity index (χ4v) is 1.48. The van der Waals surface area contributed by atoms with Crippen LogP contribution >= 0.6 is 0 Å². The summed E-state index contributed by atoms with van der Waals surface area (Å²) in [5, 5.41) is 9.18. The molecular formula is C8H12F3NO3. The van der Waals surface area contributed by atoms with Gasteiger partial charge in [-0.05, 0) is 13.3 Å². The van der Waals surface area contributed by atoms with Crippen molar-refractivity contribution in [2.45, 2.75) is 31.7 Å². The zero-order valence-corrected chi connectivity index (χ0v) is 8.12. The minimum atomic E-state index is -4.52. The van der Waals surface area contributed by atoms with Crippen molar-refractivity contribution in [2.75, 3.05) is 13.2 Å². The van der Waals surface area contributed by atoms with E-state index in [9.17, 15) is 23.1 Å². The van der Waals surface area contributed by atoms with Crippen LogP contribution in [0.5, 0.6) is 0 Å². The molecule has 0 saturated carbocycles. The minimum absolute atomic E-state index is 0.0257. The van der Waals surface area contributed by atoms with Gasteiger partial charge >= 0.3 is 12.3 Å². The highest BCUT2D eigenvalue weighted by Crippen LogP contribution is 2.20. The van der Waals surface area contributed by atoms with Gasteiger partial charge in [-0.15, -0.1) is 0 Å². The lowest BCUT2D eigenvalue weighted by molar-refractivity contribution is -0.162. The molecule has 0 spiro atoms. The Bertz CT molecular complexity index is 244. The van der Waals surface area contributed by atoms with Crippen molar-refractivity contribution < 1.29 is 27.8 Å². The van der Waals surface area contributed by atoms with E-state index < -0.39 is 25.0 Å². The molecule has 0 radical (unpaired) electrons. The van der Waals surface area contributed by atoms with Crippen LogP contribution in [-0.2, 0) is 4.74 Å². The van der Waals surface area contributed by atoms with Crippen LogP contribution in [0.3, 0.4) is 0 Å². The van der Waals surface area contributed by atoms with Crippen molar-refractivity contribution in [3.63, 3.8) is 0 Å². The zero-order chi connectivity index (χ0) is 11.6. The Hall–Kier alpha value is -0.980. The predicted octanol–water partition coefficient (Wildman–Crippen LogP) is 1.14. The summed E-state index contributed by atoms with van der Waals surface area (Å²) in [6.45, 7) is 0.0775. The number of alkyl halides is 3. The van der Waals surface area contributed by atoms with Crippen LogP contribution in [0.15, 0.2) is 0 Å². The van der Waals surface area contributed by atoms with Gasteiger partial charge in [-0.2, -0.15) is 13.2 Å². The molecule has 0 aromatic heterocycles. The maximum atomic E-state index is 11.7. The molecule has 1 aliphatic heterocycles. The van der Waals surface area contributed by atoms with Gasteiger partial charge in [-0.3, -0.25) is 0 Å². The van der Waals surface area contributed by atoms with Crippen molar-refractivity contribution in [1.29, 1.82) is 0 Å². The largest absolute Gasteiger partial charge is 0.440 e. The molecule has 7 heteroatoms. The molecule has 1 aliphatic rings. The van der Waals surface area contributed by atoms with E-state index in [-0.39, 0.29) is 12.6 Å². The van der Waals surface area contributed by atoms with Crippen molar-refractivity contribution in [3.05, 3.63) is 0 Å². The van der Waals surface area contributed by atoms with Gasteiger partial charge in [0.25, 0.3) is 0 Å². The van der Waals surface area contributed by atoms with E-state index in [1.54, 1.807) is 6.92 Å². The molecule has 0 aliphatic carbocycles. The minimum Gasteiger partial charge on any atom is -0.440 e. The molecule has 1 saturated heterocycles. The van der Waals surface area contributed by atoms with E-state index in [0.29, 0.717) is 6.42 Å². The molecule has 15 heavy (non-hydrogen) atoms. The van der Waals surface area contributed by atoms with Gasteiger partial charge in [0, 0.05) is 6.04 Å². The molecule has 0 unspecified atom stereocenters. The number of carbonyl (C=O) groups excluding carboxylic acids is 1. The smallest absolute Gasteiger partial charge is 0.422 e. The Morgan fingerprint density at radius 3 is 2.60 bits per heavy atom. The zero-order valence-electron chi connectivity index (χ0n) is 8.12. The van der Waals surface area contributed by atoms with E-state index >= 15 is 0 Å². The summed E-state index contributed by atoms with van der Waals surface area (Å²) in [4.78, 5) is 12.2. The monoisotopic (exact) mass is 227 g/mol. The summed E-state index contributed by atoms with van der Waals surface area (Å²) in [6.07, 6.45) is -5.87. The Morgan fingerprint density at radius 1 is 1.60 bits per heavy atom. The second-order valence-corrected chi connectivity index (χ2v) is 3.56. The van der Waals surface area contributed by atoms with Gasteiger partial charge in [-0.25, -0.2) is 4.79 Å². The first-order chi connectivity index (χ1) is 6.79. The van der Waals surface area contributed by atoms with Gasteiger partial charge in [0.2, 0.25) is 0 Å². The number of hydrogen-bond donors (Lipinski definition) is 1. The summed E-state index contributed by atoms with van der Waals surface area (Å²) in [7, 11) is 0. The highest BCUT2D eigenvalue weighted by Gasteiger charge is 2.35. The van der Waals surface area contributed by atoms with E-state index in [4.69, 9.17) is 0 Å².